The maximum atomic E-state index is 12.6. The molecule has 4 rings (SSSR count). The van der Waals surface area contributed by atoms with Crippen molar-refractivity contribution in [2.45, 2.75) is 92.3 Å². The number of carbonyl (C=O) groups excluding carboxylic acids is 3. The molecule has 2 bridgehead atoms. The van der Waals surface area contributed by atoms with E-state index < -0.39 is 42.5 Å². The van der Waals surface area contributed by atoms with E-state index in [2.05, 4.69) is 27.7 Å². The van der Waals surface area contributed by atoms with E-state index in [0.717, 1.165) is 19.3 Å². The molecule has 7 nitrogen and oxygen atoms in total. The summed E-state index contributed by atoms with van der Waals surface area (Å²) in [4.78, 5) is 36.1. The molecule has 2 heterocycles. The smallest absolute Gasteiger partial charge is 0.350 e. The van der Waals surface area contributed by atoms with Crippen LogP contribution in [-0.2, 0) is 33.3 Å². The second-order valence-electron chi connectivity index (χ2n) is 10.5. The Kier molecular flexibility index (Phi) is 5.48. The largest absolute Gasteiger partial charge is 0.450 e. The fraction of sp³-hybridized carbons (Fsp3) is 0.792. The number of hydrogen-bond acceptors (Lipinski definition) is 7. The number of hydrogen-bond donors (Lipinski definition) is 0. The monoisotopic (exact) mass is 434 g/mol. The predicted molar refractivity (Wildman–Crippen MR) is 110 cm³/mol. The number of carbonyl (C=O) groups is 3. The van der Waals surface area contributed by atoms with Gasteiger partial charge in [-0.3, -0.25) is 9.59 Å². The minimum Gasteiger partial charge on any atom is -0.450 e. The zero-order valence-electron chi connectivity index (χ0n) is 19.4. The normalized spacial score (nSPS) is 41.3. The number of rotatable bonds is 3. The van der Waals surface area contributed by atoms with Gasteiger partial charge in [0, 0.05) is 19.8 Å². The van der Waals surface area contributed by atoms with Crippen LogP contribution < -0.4 is 0 Å². The van der Waals surface area contributed by atoms with Crippen LogP contribution >= 0.6 is 0 Å². The number of ether oxygens (including phenoxy) is 4. The fourth-order valence-corrected chi connectivity index (χ4v) is 6.65. The van der Waals surface area contributed by atoms with Crippen molar-refractivity contribution in [3.63, 3.8) is 0 Å². The maximum Gasteiger partial charge on any atom is 0.350 e. The molecule has 0 radical (unpaired) electrons. The van der Waals surface area contributed by atoms with Gasteiger partial charge < -0.3 is 18.9 Å². The van der Waals surface area contributed by atoms with Crippen LogP contribution in [0.4, 0.5) is 0 Å². The molecule has 7 atom stereocenters. The lowest BCUT2D eigenvalue weighted by Crippen LogP contribution is -2.55. The van der Waals surface area contributed by atoms with Crippen molar-refractivity contribution in [1.29, 1.82) is 0 Å². The van der Waals surface area contributed by atoms with Gasteiger partial charge in [-0.15, -0.1) is 0 Å². The molecule has 0 spiro atoms. The first kappa shape index (κ1) is 22.3. The van der Waals surface area contributed by atoms with Crippen LogP contribution in [0, 0.1) is 28.6 Å². The Morgan fingerprint density at radius 3 is 2.35 bits per heavy atom. The summed E-state index contributed by atoms with van der Waals surface area (Å²) in [5.74, 6) is -2.31. The van der Waals surface area contributed by atoms with E-state index in [4.69, 9.17) is 18.9 Å². The third-order valence-electron chi connectivity index (χ3n) is 8.32. The minimum absolute atomic E-state index is 0.207. The molecule has 0 aromatic heterocycles. The quantitative estimate of drug-likeness (QED) is 0.378. The standard InChI is InChI=1S/C24H34O7/c1-12-15-8-7-10-23(4,5)16(15)9-11-24(12,6)18-17-19(28-13(2)25)20(27)30-22(18)31-21(17)29-14(3)26/h12,17-19,21-22H,7-11H2,1-6H3/t12-,17+,18+,19+,21-,22-,24-/m1/s1. The van der Waals surface area contributed by atoms with Crippen molar-refractivity contribution in [2.75, 3.05) is 0 Å². The molecule has 0 aromatic carbocycles. The first-order valence-electron chi connectivity index (χ1n) is 11.4. The Bertz CT molecular complexity index is 828. The first-order chi connectivity index (χ1) is 14.5. The van der Waals surface area contributed by atoms with Crippen molar-refractivity contribution in [3.8, 4) is 0 Å². The van der Waals surface area contributed by atoms with Crippen molar-refractivity contribution in [3.05, 3.63) is 11.1 Å². The van der Waals surface area contributed by atoms with Gasteiger partial charge >= 0.3 is 17.9 Å². The zero-order valence-corrected chi connectivity index (χ0v) is 19.4. The number of esters is 3. The van der Waals surface area contributed by atoms with Crippen molar-refractivity contribution in [1.82, 2.24) is 0 Å². The molecule has 2 aliphatic carbocycles. The molecule has 2 aliphatic heterocycles. The van der Waals surface area contributed by atoms with E-state index in [9.17, 15) is 14.4 Å². The first-order valence-corrected chi connectivity index (χ1v) is 11.4. The lowest BCUT2D eigenvalue weighted by atomic mass is 9.52. The van der Waals surface area contributed by atoms with Gasteiger partial charge in [-0.1, -0.05) is 38.8 Å². The fourth-order valence-electron chi connectivity index (χ4n) is 6.65. The van der Waals surface area contributed by atoms with Crippen LogP contribution in [0.2, 0.25) is 0 Å². The third kappa shape index (κ3) is 3.59. The van der Waals surface area contributed by atoms with E-state index in [-0.39, 0.29) is 22.7 Å². The van der Waals surface area contributed by atoms with Crippen molar-refractivity contribution >= 4 is 17.9 Å². The zero-order chi connectivity index (χ0) is 22.7. The Labute approximate surface area is 183 Å². The molecule has 2 fully saturated rings. The summed E-state index contributed by atoms with van der Waals surface area (Å²) in [5, 5.41) is 0. The lowest BCUT2D eigenvalue weighted by Gasteiger charge is -2.53. The average Bonchev–Trinajstić information content (AvgIpc) is 2.93. The highest BCUT2D eigenvalue weighted by Crippen LogP contribution is 2.61. The Balaban J connectivity index is 1.74. The molecular formula is C24H34O7. The number of fused-ring (bicyclic) bond motifs is 2. The Morgan fingerprint density at radius 2 is 1.71 bits per heavy atom. The average molecular weight is 435 g/mol. The van der Waals surface area contributed by atoms with Crippen LogP contribution in [0.1, 0.15) is 73.6 Å². The van der Waals surface area contributed by atoms with Crippen molar-refractivity contribution in [2.24, 2.45) is 28.6 Å². The molecule has 0 unspecified atom stereocenters. The van der Waals surface area contributed by atoms with E-state index in [0.29, 0.717) is 0 Å². The van der Waals surface area contributed by atoms with Gasteiger partial charge in [0.05, 0.1) is 5.92 Å². The van der Waals surface area contributed by atoms with Crippen LogP contribution in [-0.4, -0.2) is 36.6 Å². The van der Waals surface area contributed by atoms with Gasteiger partial charge in [-0.2, -0.15) is 0 Å². The van der Waals surface area contributed by atoms with Gasteiger partial charge in [0.1, 0.15) is 0 Å². The van der Waals surface area contributed by atoms with Gasteiger partial charge in [0.15, 0.2) is 0 Å². The molecule has 0 amide bonds. The second kappa shape index (κ2) is 7.61. The Morgan fingerprint density at radius 1 is 1.03 bits per heavy atom. The van der Waals surface area contributed by atoms with Gasteiger partial charge in [0.25, 0.3) is 0 Å². The maximum absolute atomic E-state index is 12.6. The van der Waals surface area contributed by atoms with E-state index >= 15 is 0 Å². The highest BCUT2D eigenvalue weighted by atomic mass is 16.8. The topological polar surface area (TPSA) is 88.1 Å². The van der Waals surface area contributed by atoms with Crippen molar-refractivity contribution < 1.29 is 33.3 Å². The molecule has 4 aliphatic rings. The van der Waals surface area contributed by atoms with Gasteiger partial charge in [-0.25, -0.2) is 4.79 Å². The van der Waals surface area contributed by atoms with Gasteiger partial charge in [-0.05, 0) is 48.9 Å². The summed E-state index contributed by atoms with van der Waals surface area (Å²) in [6.07, 6.45) is 2.41. The second-order valence-corrected chi connectivity index (χ2v) is 10.5. The minimum atomic E-state index is -1.15. The molecule has 7 heteroatoms. The summed E-state index contributed by atoms with van der Waals surface area (Å²) in [5.41, 5.74) is 3.03. The van der Waals surface area contributed by atoms with E-state index in [1.807, 2.05) is 0 Å². The molecule has 0 saturated carbocycles. The summed E-state index contributed by atoms with van der Waals surface area (Å²) >= 11 is 0. The molecule has 0 N–H and O–H groups in total. The predicted octanol–water partition coefficient (Wildman–Crippen LogP) is 3.90. The van der Waals surface area contributed by atoms with Crippen LogP contribution in [0.25, 0.3) is 0 Å². The number of allylic oxidation sites excluding steroid dienone is 2. The highest BCUT2D eigenvalue weighted by Gasteiger charge is 2.66. The van der Waals surface area contributed by atoms with E-state index in [1.165, 1.54) is 32.3 Å². The SMILES string of the molecule is CC(=O)O[C@@H]1O[C@H]2OC(=O)[C@@H](OC(C)=O)[C@@H]1[C@@H]2[C@]1(C)CCC2=C(CCCC2(C)C)[C@H]1C. The summed E-state index contributed by atoms with van der Waals surface area (Å²) in [6, 6.07) is 0. The molecule has 31 heavy (non-hydrogen) atoms. The molecule has 172 valence electrons. The summed E-state index contributed by atoms with van der Waals surface area (Å²) in [7, 11) is 0. The molecule has 2 saturated heterocycles. The van der Waals surface area contributed by atoms with Gasteiger partial charge in [0.2, 0.25) is 18.7 Å². The summed E-state index contributed by atoms with van der Waals surface area (Å²) in [6.45, 7) is 11.7. The lowest BCUT2D eigenvalue weighted by molar-refractivity contribution is -0.220. The van der Waals surface area contributed by atoms with Crippen LogP contribution in [0.5, 0.6) is 0 Å². The van der Waals surface area contributed by atoms with E-state index in [1.54, 1.807) is 5.57 Å². The van der Waals surface area contributed by atoms with Crippen LogP contribution in [0.15, 0.2) is 11.1 Å². The highest BCUT2D eigenvalue weighted by molar-refractivity contribution is 5.80. The molecular weight excluding hydrogens is 400 g/mol. The molecule has 0 aromatic rings. The third-order valence-corrected chi connectivity index (χ3v) is 8.32. The summed E-state index contributed by atoms with van der Waals surface area (Å²) < 4.78 is 22.4. The van der Waals surface area contributed by atoms with Crippen LogP contribution in [0.3, 0.4) is 0 Å². The Hall–Kier alpha value is -1.89.